The molecular weight excluding hydrogens is 417 g/mol. The Bertz CT molecular complexity index is 933. The fourth-order valence-electron chi connectivity index (χ4n) is 4.10. The van der Waals surface area contributed by atoms with Gasteiger partial charge in [0, 0.05) is 37.8 Å². The molecular formula is C25H30F3N2O2. The lowest BCUT2D eigenvalue weighted by molar-refractivity contribution is -0.137. The number of carbonyl (C=O) groups is 1. The zero-order valence-corrected chi connectivity index (χ0v) is 18.8. The van der Waals surface area contributed by atoms with Gasteiger partial charge in [0.05, 0.1) is 12.2 Å². The molecule has 7 heteroatoms. The fraction of sp³-hybridized carbons (Fsp3) is 0.440. The predicted molar refractivity (Wildman–Crippen MR) is 119 cm³/mol. The second-order valence-corrected chi connectivity index (χ2v) is 8.18. The van der Waals surface area contributed by atoms with Gasteiger partial charge in [-0.2, -0.15) is 13.2 Å². The number of ether oxygens (including phenoxy) is 1. The largest absolute Gasteiger partial charge is 0.493 e. The Morgan fingerprint density at radius 1 is 1.03 bits per heavy atom. The van der Waals surface area contributed by atoms with Crippen molar-refractivity contribution < 1.29 is 22.7 Å². The molecule has 173 valence electrons. The molecule has 0 saturated carbocycles. The summed E-state index contributed by atoms with van der Waals surface area (Å²) in [7, 11) is 0. The maximum atomic E-state index is 12.8. The van der Waals surface area contributed by atoms with E-state index < -0.39 is 11.7 Å². The SMILES string of the molecule is [CH2]CCOc1ccc(C(C)N2CCN(C(=O)c3ccc(C(F)(F)F)cc3)CC2)c(C)c1C. The van der Waals surface area contributed by atoms with Crippen molar-refractivity contribution in [2.45, 2.75) is 39.4 Å². The number of amides is 1. The number of piperazine rings is 1. The number of hydrogen-bond acceptors (Lipinski definition) is 3. The molecule has 3 rings (SSSR count). The molecule has 1 aliphatic heterocycles. The van der Waals surface area contributed by atoms with E-state index in [1.54, 1.807) is 4.90 Å². The van der Waals surface area contributed by atoms with Crippen molar-refractivity contribution in [3.8, 4) is 5.75 Å². The highest BCUT2D eigenvalue weighted by Gasteiger charge is 2.31. The average molecular weight is 448 g/mol. The summed E-state index contributed by atoms with van der Waals surface area (Å²) in [5, 5.41) is 0. The zero-order valence-electron chi connectivity index (χ0n) is 18.8. The number of hydrogen-bond donors (Lipinski definition) is 0. The normalized spacial score (nSPS) is 16.2. The van der Waals surface area contributed by atoms with Crippen LogP contribution in [0.15, 0.2) is 36.4 Å². The van der Waals surface area contributed by atoms with Gasteiger partial charge in [-0.25, -0.2) is 0 Å². The standard InChI is InChI=1S/C25H30F3N2O2/c1-5-16-32-23-11-10-22(17(2)18(23)3)19(4)29-12-14-30(15-13-29)24(31)20-6-8-21(9-7-20)25(26,27)28/h6-11,19H,1,5,12-16H2,2-4H3. The number of nitrogens with zero attached hydrogens (tertiary/aromatic N) is 2. The van der Waals surface area contributed by atoms with E-state index in [1.807, 2.05) is 6.07 Å². The van der Waals surface area contributed by atoms with Gasteiger partial charge >= 0.3 is 6.18 Å². The van der Waals surface area contributed by atoms with Gasteiger partial charge in [-0.3, -0.25) is 9.69 Å². The molecule has 32 heavy (non-hydrogen) atoms. The lowest BCUT2D eigenvalue weighted by atomic mass is 9.96. The molecule has 4 nitrogen and oxygen atoms in total. The van der Waals surface area contributed by atoms with E-state index in [0.29, 0.717) is 39.2 Å². The molecule has 0 spiro atoms. The van der Waals surface area contributed by atoms with Crippen LogP contribution < -0.4 is 4.74 Å². The Labute approximate surface area is 188 Å². The minimum atomic E-state index is -4.41. The third-order valence-electron chi connectivity index (χ3n) is 6.24. The monoisotopic (exact) mass is 447 g/mol. The van der Waals surface area contributed by atoms with E-state index in [9.17, 15) is 18.0 Å². The molecule has 0 aliphatic carbocycles. The minimum absolute atomic E-state index is 0.180. The van der Waals surface area contributed by atoms with Gasteiger partial charge in [0.25, 0.3) is 5.91 Å². The van der Waals surface area contributed by atoms with Crippen LogP contribution in [0.4, 0.5) is 13.2 Å². The highest BCUT2D eigenvalue weighted by molar-refractivity contribution is 5.94. The van der Waals surface area contributed by atoms with Crippen LogP contribution >= 0.6 is 0 Å². The number of halogens is 3. The van der Waals surface area contributed by atoms with Gasteiger partial charge in [-0.05, 0) is 81.1 Å². The summed E-state index contributed by atoms with van der Waals surface area (Å²) in [6.07, 6.45) is -3.69. The molecule has 0 N–H and O–H groups in total. The first-order chi connectivity index (χ1) is 15.1. The third kappa shape index (κ3) is 5.26. The molecule has 0 aromatic heterocycles. The fourth-order valence-corrected chi connectivity index (χ4v) is 4.10. The molecule has 2 aromatic carbocycles. The van der Waals surface area contributed by atoms with Gasteiger partial charge in [0.15, 0.2) is 0 Å². The first-order valence-electron chi connectivity index (χ1n) is 10.9. The summed E-state index contributed by atoms with van der Waals surface area (Å²) in [6, 6.07) is 8.72. The highest BCUT2D eigenvalue weighted by atomic mass is 19.4. The van der Waals surface area contributed by atoms with Gasteiger partial charge in [0.1, 0.15) is 5.75 Å². The Hall–Kier alpha value is -2.54. The van der Waals surface area contributed by atoms with E-state index in [2.05, 4.69) is 38.7 Å². The van der Waals surface area contributed by atoms with Crippen LogP contribution in [0.1, 0.15) is 52.0 Å². The summed E-state index contributed by atoms with van der Waals surface area (Å²) in [6.45, 7) is 13.2. The van der Waals surface area contributed by atoms with Crippen molar-refractivity contribution in [1.29, 1.82) is 0 Å². The number of benzene rings is 2. The van der Waals surface area contributed by atoms with E-state index >= 15 is 0 Å². The van der Waals surface area contributed by atoms with Crippen LogP contribution in [-0.4, -0.2) is 48.5 Å². The van der Waals surface area contributed by atoms with E-state index in [4.69, 9.17) is 4.74 Å². The first kappa shape index (κ1) is 24.1. The Morgan fingerprint density at radius 2 is 1.66 bits per heavy atom. The molecule has 0 bridgehead atoms. The average Bonchev–Trinajstić information content (AvgIpc) is 2.79. The highest BCUT2D eigenvalue weighted by Crippen LogP contribution is 2.32. The summed E-state index contributed by atoms with van der Waals surface area (Å²) in [5.41, 5.74) is 3.08. The topological polar surface area (TPSA) is 32.8 Å². The minimum Gasteiger partial charge on any atom is -0.493 e. The number of alkyl halides is 3. The van der Waals surface area contributed by atoms with E-state index in [0.717, 1.165) is 23.4 Å². The van der Waals surface area contributed by atoms with Crippen molar-refractivity contribution in [1.82, 2.24) is 9.80 Å². The molecule has 1 amide bonds. The van der Waals surface area contributed by atoms with Crippen LogP contribution in [0.3, 0.4) is 0 Å². The summed E-state index contributed by atoms with van der Waals surface area (Å²) >= 11 is 0. The van der Waals surface area contributed by atoms with Gasteiger partial charge in [0.2, 0.25) is 0 Å². The van der Waals surface area contributed by atoms with Crippen LogP contribution in [0.5, 0.6) is 5.75 Å². The molecule has 1 unspecified atom stereocenters. The first-order valence-corrected chi connectivity index (χ1v) is 10.9. The van der Waals surface area contributed by atoms with Crippen LogP contribution in [-0.2, 0) is 6.18 Å². The van der Waals surface area contributed by atoms with Crippen molar-refractivity contribution in [3.05, 3.63) is 71.1 Å². The maximum Gasteiger partial charge on any atom is 0.416 e. The second kappa shape index (κ2) is 9.94. The Kier molecular flexibility index (Phi) is 7.49. The lowest BCUT2D eigenvalue weighted by Gasteiger charge is -2.39. The van der Waals surface area contributed by atoms with Gasteiger partial charge < -0.3 is 9.64 Å². The van der Waals surface area contributed by atoms with Crippen molar-refractivity contribution >= 4 is 5.91 Å². The van der Waals surface area contributed by atoms with Gasteiger partial charge in [-0.1, -0.05) is 6.07 Å². The Morgan fingerprint density at radius 3 is 2.22 bits per heavy atom. The predicted octanol–water partition coefficient (Wildman–Crippen LogP) is 5.44. The summed E-state index contributed by atoms with van der Waals surface area (Å²) in [5.74, 6) is 0.652. The second-order valence-electron chi connectivity index (χ2n) is 8.18. The van der Waals surface area contributed by atoms with Gasteiger partial charge in [-0.15, -0.1) is 0 Å². The molecule has 1 radical (unpaired) electrons. The van der Waals surface area contributed by atoms with Crippen LogP contribution in [0, 0.1) is 20.8 Å². The smallest absolute Gasteiger partial charge is 0.416 e. The van der Waals surface area contributed by atoms with Crippen LogP contribution in [0.25, 0.3) is 0 Å². The zero-order chi connectivity index (χ0) is 23.5. The molecule has 1 aliphatic rings. The lowest BCUT2D eigenvalue weighted by Crippen LogP contribution is -2.49. The quantitative estimate of drug-likeness (QED) is 0.591. The number of rotatable bonds is 6. The number of carbonyl (C=O) groups excluding carboxylic acids is 1. The molecule has 1 heterocycles. The van der Waals surface area contributed by atoms with E-state index in [1.165, 1.54) is 23.3 Å². The summed E-state index contributed by atoms with van der Waals surface area (Å²) in [4.78, 5) is 16.8. The maximum absolute atomic E-state index is 12.8. The van der Waals surface area contributed by atoms with Crippen molar-refractivity contribution in [3.63, 3.8) is 0 Å². The van der Waals surface area contributed by atoms with Crippen molar-refractivity contribution in [2.75, 3.05) is 32.8 Å². The third-order valence-corrected chi connectivity index (χ3v) is 6.24. The summed E-state index contributed by atoms with van der Waals surface area (Å²) < 4.78 is 44.0. The van der Waals surface area contributed by atoms with Crippen molar-refractivity contribution in [2.24, 2.45) is 0 Å². The van der Waals surface area contributed by atoms with Crippen LogP contribution in [0.2, 0.25) is 0 Å². The Balaban J connectivity index is 1.63. The molecule has 1 saturated heterocycles. The molecule has 1 fully saturated rings. The van der Waals surface area contributed by atoms with E-state index in [-0.39, 0.29) is 17.5 Å². The molecule has 1 atom stereocenters. The molecule has 2 aromatic rings.